The number of carbonyl (C=O) groups excluding carboxylic acids is 1. The van der Waals surface area contributed by atoms with Crippen molar-refractivity contribution < 1.29 is 10.0 Å². The van der Waals surface area contributed by atoms with Crippen molar-refractivity contribution in [2.24, 2.45) is 11.3 Å². The largest absolute Gasteiger partial charge is 0.289 e. The fourth-order valence-electron chi connectivity index (χ4n) is 0.758. The van der Waals surface area contributed by atoms with Gasteiger partial charge < -0.3 is 0 Å². The zero-order chi connectivity index (χ0) is 9.07. The molecule has 0 fully saturated rings. The molecule has 0 aromatic rings. The number of hydrogen-bond acceptors (Lipinski definition) is 2. The van der Waals surface area contributed by atoms with Crippen LogP contribution in [0, 0.1) is 11.3 Å². The number of amides is 1. The van der Waals surface area contributed by atoms with E-state index in [0.717, 1.165) is 6.42 Å². The third-order valence-electron chi connectivity index (χ3n) is 2.59. The molecular formula is C8H17NO2. The standard InChI is InChI=1S/C8H17NO2/c1-5-8(3,4)6(2)7(10)9-11/h6,11H,5H2,1-4H3,(H,9,10). The zero-order valence-corrected chi connectivity index (χ0v) is 7.64. The Morgan fingerprint density at radius 3 is 2.36 bits per heavy atom. The monoisotopic (exact) mass is 159 g/mol. The van der Waals surface area contributed by atoms with Crippen LogP contribution < -0.4 is 5.48 Å². The highest BCUT2D eigenvalue weighted by Crippen LogP contribution is 2.29. The maximum absolute atomic E-state index is 11.0. The van der Waals surface area contributed by atoms with Crippen LogP contribution in [0.4, 0.5) is 0 Å². The van der Waals surface area contributed by atoms with E-state index in [0.29, 0.717) is 0 Å². The van der Waals surface area contributed by atoms with Crippen LogP contribution in [0.5, 0.6) is 0 Å². The van der Waals surface area contributed by atoms with Crippen LogP contribution in [0.3, 0.4) is 0 Å². The van der Waals surface area contributed by atoms with Crippen molar-refractivity contribution in [3.8, 4) is 0 Å². The summed E-state index contributed by atoms with van der Waals surface area (Å²) in [6.45, 7) is 7.86. The molecule has 0 aliphatic heterocycles. The number of carbonyl (C=O) groups is 1. The molecule has 0 spiro atoms. The molecule has 0 saturated heterocycles. The molecule has 0 bridgehead atoms. The van der Waals surface area contributed by atoms with Gasteiger partial charge in [0.1, 0.15) is 0 Å². The molecule has 1 atom stereocenters. The van der Waals surface area contributed by atoms with E-state index >= 15 is 0 Å². The van der Waals surface area contributed by atoms with E-state index in [4.69, 9.17) is 5.21 Å². The van der Waals surface area contributed by atoms with Crippen LogP contribution in [0.25, 0.3) is 0 Å². The summed E-state index contributed by atoms with van der Waals surface area (Å²) in [5.41, 5.74) is 1.62. The minimum atomic E-state index is -0.308. The van der Waals surface area contributed by atoms with Gasteiger partial charge in [-0.2, -0.15) is 0 Å². The van der Waals surface area contributed by atoms with Crippen LogP contribution in [0.2, 0.25) is 0 Å². The molecule has 0 rings (SSSR count). The summed E-state index contributed by atoms with van der Waals surface area (Å²) >= 11 is 0. The van der Waals surface area contributed by atoms with Gasteiger partial charge in [-0.05, 0) is 5.41 Å². The van der Waals surface area contributed by atoms with E-state index in [2.05, 4.69) is 0 Å². The number of hydroxylamine groups is 1. The van der Waals surface area contributed by atoms with Crippen LogP contribution >= 0.6 is 0 Å². The minimum Gasteiger partial charge on any atom is -0.289 e. The molecule has 66 valence electrons. The van der Waals surface area contributed by atoms with Crippen LogP contribution in [0.15, 0.2) is 0 Å². The van der Waals surface area contributed by atoms with Gasteiger partial charge in [-0.1, -0.05) is 34.1 Å². The van der Waals surface area contributed by atoms with Crippen molar-refractivity contribution in [3.63, 3.8) is 0 Å². The Hall–Kier alpha value is -0.570. The second-order valence-electron chi connectivity index (χ2n) is 3.54. The summed E-state index contributed by atoms with van der Waals surface area (Å²) < 4.78 is 0. The Morgan fingerprint density at radius 2 is 2.09 bits per heavy atom. The average molecular weight is 159 g/mol. The number of nitrogens with one attached hydrogen (secondary N) is 1. The predicted octanol–water partition coefficient (Wildman–Crippen LogP) is 1.56. The maximum Gasteiger partial charge on any atom is 0.246 e. The lowest BCUT2D eigenvalue weighted by Crippen LogP contribution is -2.35. The fourth-order valence-corrected chi connectivity index (χ4v) is 0.758. The highest BCUT2D eigenvalue weighted by molar-refractivity contribution is 5.77. The van der Waals surface area contributed by atoms with E-state index in [1.54, 1.807) is 5.48 Å². The van der Waals surface area contributed by atoms with Crippen molar-refractivity contribution in [2.75, 3.05) is 0 Å². The maximum atomic E-state index is 11.0. The first-order chi connectivity index (χ1) is 4.95. The third kappa shape index (κ3) is 2.50. The van der Waals surface area contributed by atoms with Crippen molar-refractivity contribution in [2.45, 2.75) is 34.1 Å². The molecule has 0 saturated carbocycles. The minimum absolute atomic E-state index is 0.0488. The highest BCUT2D eigenvalue weighted by atomic mass is 16.5. The number of rotatable bonds is 3. The van der Waals surface area contributed by atoms with Crippen molar-refractivity contribution in [1.29, 1.82) is 0 Å². The SMILES string of the molecule is CCC(C)(C)C(C)C(=O)NO. The first-order valence-electron chi connectivity index (χ1n) is 3.89. The zero-order valence-electron chi connectivity index (χ0n) is 7.64. The Morgan fingerprint density at radius 1 is 1.64 bits per heavy atom. The van der Waals surface area contributed by atoms with Gasteiger partial charge in [0.2, 0.25) is 5.91 Å². The molecule has 0 heterocycles. The normalized spacial score (nSPS) is 14.3. The van der Waals surface area contributed by atoms with Gasteiger partial charge in [-0.25, -0.2) is 5.48 Å². The smallest absolute Gasteiger partial charge is 0.246 e. The lowest BCUT2D eigenvalue weighted by Gasteiger charge is -2.28. The van der Waals surface area contributed by atoms with E-state index in [1.807, 2.05) is 27.7 Å². The Bertz CT molecular complexity index is 143. The lowest BCUT2D eigenvalue weighted by molar-refractivity contribution is -0.136. The first-order valence-corrected chi connectivity index (χ1v) is 3.89. The van der Waals surface area contributed by atoms with Gasteiger partial charge >= 0.3 is 0 Å². The van der Waals surface area contributed by atoms with E-state index in [1.165, 1.54) is 0 Å². The quantitative estimate of drug-likeness (QED) is 0.485. The van der Waals surface area contributed by atoms with Gasteiger partial charge in [0.15, 0.2) is 0 Å². The first kappa shape index (κ1) is 10.4. The molecule has 0 radical (unpaired) electrons. The van der Waals surface area contributed by atoms with E-state index < -0.39 is 0 Å². The summed E-state index contributed by atoms with van der Waals surface area (Å²) in [5.74, 6) is -0.464. The number of hydrogen-bond donors (Lipinski definition) is 2. The van der Waals surface area contributed by atoms with Gasteiger partial charge in [0.05, 0.1) is 0 Å². The molecule has 1 amide bonds. The van der Waals surface area contributed by atoms with Crippen molar-refractivity contribution in [3.05, 3.63) is 0 Å². The molecule has 0 aromatic heterocycles. The van der Waals surface area contributed by atoms with Crippen LogP contribution in [-0.2, 0) is 4.79 Å². The molecule has 0 aromatic carbocycles. The molecule has 3 nitrogen and oxygen atoms in total. The Kier molecular flexibility index (Phi) is 3.52. The van der Waals surface area contributed by atoms with Gasteiger partial charge in [0, 0.05) is 5.92 Å². The average Bonchev–Trinajstić information content (AvgIpc) is 2.01. The van der Waals surface area contributed by atoms with Crippen LogP contribution in [0.1, 0.15) is 34.1 Å². The lowest BCUT2D eigenvalue weighted by atomic mass is 9.77. The Labute approximate surface area is 67.8 Å². The van der Waals surface area contributed by atoms with Crippen molar-refractivity contribution >= 4 is 5.91 Å². The topological polar surface area (TPSA) is 49.3 Å². The highest BCUT2D eigenvalue weighted by Gasteiger charge is 2.29. The van der Waals surface area contributed by atoms with Crippen LogP contribution in [-0.4, -0.2) is 11.1 Å². The fraction of sp³-hybridized carbons (Fsp3) is 0.875. The van der Waals surface area contributed by atoms with Gasteiger partial charge in [0.25, 0.3) is 0 Å². The predicted molar refractivity (Wildman–Crippen MR) is 43.2 cm³/mol. The van der Waals surface area contributed by atoms with Crippen molar-refractivity contribution in [1.82, 2.24) is 5.48 Å². The second-order valence-corrected chi connectivity index (χ2v) is 3.54. The van der Waals surface area contributed by atoms with Gasteiger partial charge in [-0.3, -0.25) is 10.0 Å². The Balaban J connectivity index is 4.22. The molecular weight excluding hydrogens is 142 g/mol. The summed E-state index contributed by atoms with van der Waals surface area (Å²) in [7, 11) is 0. The second kappa shape index (κ2) is 3.72. The summed E-state index contributed by atoms with van der Waals surface area (Å²) in [6.07, 6.45) is 0.918. The van der Waals surface area contributed by atoms with E-state index in [-0.39, 0.29) is 17.2 Å². The molecule has 11 heavy (non-hydrogen) atoms. The summed E-state index contributed by atoms with van der Waals surface area (Å²) in [6, 6.07) is 0. The molecule has 0 aliphatic carbocycles. The molecule has 1 unspecified atom stereocenters. The summed E-state index contributed by atoms with van der Waals surface area (Å²) in [5, 5.41) is 8.36. The summed E-state index contributed by atoms with van der Waals surface area (Å²) in [4.78, 5) is 11.0. The molecule has 0 aliphatic rings. The molecule has 2 N–H and O–H groups in total. The third-order valence-corrected chi connectivity index (χ3v) is 2.59. The van der Waals surface area contributed by atoms with E-state index in [9.17, 15) is 4.79 Å². The molecule has 3 heteroatoms. The van der Waals surface area contributed by atoms with Gasteiger partial charge in [-0.15, -0.1) is 0 Å².